The Hall–Kier alpha value is -3.96. The first-order valence-corrected chi connectivity index (χ1v) is 15.4. The third-order valence-corrected chi connectivity index (χ3v) is 8.31. The molecule has 220 valence electrons. The number of carbonyl (C=O) groups excluding carboxylic acids is 1. The molecule has 0 unspecified atom stereocenters. The van der Waals surface area contributed by atoms with Gasteiger partial charge in [-0.05, 0) is 81.3 Å². The van der Waals surface area contributed by atoms with Crippen molar-refractivity contribution in [3.8, 4) is 23.1 Å². The zero-order valence-corrected chi connectivity index (χ0v) is 27.0. The van der Waals surface area contributed by atoms with Crippen LogP contribution in [0.4, 0.5) is 0 Å². The van der Waals surface area contributed by atoms with Crippen molar-refractivity contribution in [2.45, 2.75) is 52.9 Å². The highest BCUT2D eigenvalue weighted by atomic mass is 79.9. The second-order valence-corrected chi connectivity index (χ2v) is 12.4. The number of hydrogen-bond acceptors (Lipinski definition) is 4. The normalized spacial score (nSPS) is 11.5. The number of nitrogens with zero attached hydrogens (tertiary/aromatic N) is 3. The number of pyridine rings is 1. The molecule has 0 aliphatic rings. The third-order valence-electron chi connectivity index (χ3n) is 7.81. The number of carbonyl (C=O) groups is 1. The van der Waals surface area contributed by atoms with Crippen molar-refractivity contribution >= 4 is 43.6 Å². The molecule has 0 saturated heterocycles. The summed E-state index contributed by atoms with van der Waals surface area (Å²) in [6, 6.07) is 22.8. The van der Waals surface area contributed by atoms with Crippen LogP contribution in [-0.4, -0.2) is 39.0 Å². The van der Waals surface area contributed by atoms with E-state index in [-0.39, 0.29) is 5.91 Å². The molecule has 0 radical (unpaired) electrons. The van der Waals surface area contributed by atoms with Gasteiger partial charge in [0, 0.05) is 70.3 Å². The largest absolute Gasteiger partial charge is 0.350 e. The maximum atomic E-state index is 13.8. The molecule has 2 heterocycles. The molecular weight excluding hydrogens is 598 g/mol. The van der Waals surface area contributed by atoms with Gasteiger partial charge in [-0.25, -0.2) is 4.98 Å². The van der Waals surface area contributed by atoms with Crippen LogP contribution in [0.3, 0.4) is 0 Å². The number of fused-ring (bicyclic) bond motifs is 2. The Kier molecular flexibility index (Phi) is 9.31. The molecule has 0 atom stereocenters. The molecule has 2 aromatic heterocycles. The van der Waals surface area contributed by atoms with E-state index in [4.69, 9.17) is 10.7 Å². The van der Waals surface area contributed by atoms with Gasteiger partial charge in [-0.1, -0.05) is 52.0 Å². The minimum absolute atomic E-state index is 0.158. The smallest absolute Gasteiger partial charge is 0.252 e. The Morgan fingerprint density at radius 1 is 0.977 bits per heavy atom. The lowest BCUT2D eigenvalue weighted by atomic mass is 10.0. The maximum absolute atomic E-state index is 13.8. The maximum Gasteiger partial charge on any atom is 0.252 e. The fourth-order valence-electron chi connectivity index (χ4n) is 5.46. The van der Waals surface area contributed by atoms with Crippen molar-refractivity contribution < 1.29 is 4.79 Å². The van der Waals surface area contributed by atoms with Gasteiger partial charge in [0.15, 0.2) is 0 Å². The van der Waals surface area contributed by atoms with Crippen LogP contribution < -0.4 is 11.1 Å². The topological polar surface area (TPSA) is 76.2 Å². The summed E-state index contributed by atoms with van der Waals surface area (Å²) in [5.41, 5.74) is 12.8. The minimum Gasteiger partial charge on any atom is -0.350 e. The first-order valence-electron chi connectivity index (χ1n) is 14.6. The summed E-state index contributed by atoms with van der Waals surface area (Å²) in [6.45, 7) is 10.3. The average molecular weight is 637 g/mol. The molecule has 0 fully saturated rings. The highest BCUT2D eigenvalue weighted by Gasteiger charge is 2.18. The molecule has 1 amide bonds. The SMILES string of the molecule is CC(C)N(CC#Cc1ccc2nc(-c3cn(C)c4ccc(Br)cc34)cc(C(=O)NCc3ccc(CN)cc3)c2c1)C(C)C. The van der Waals surface area contributed by atoms with Crippen LogP contribution in [0.15, 0.2) is 77.4 Å². The Labute approximate surface area is 262 Å². The van der Waals surface area contributed by atoms with Gasteiger partial charge in [0.1, 0.15) is 0 Å². The summed E-state index contributed by atoms with van der Waals surface area (Å²) in [5, 5.41) is 4.97. The molecule has 6 nitrogen and oxygen atoms in total. The van der Waals surface area contributed by atoms with E-state index in [2.05, 4.69) is 88.6 Å². The fraction of sp³-hybridized carbons (Fsp3) is 0.278. The molecule has 0 bridgehead atoms. The molecule has 5 aromatic rings. The van der Waals surface area contributed by atoms with Crippen LogP contribution in [0.5, 0.6) is 0 Å². The molecule has 3 N–H and O–H groups in total. The van der Waals surface area contributed by atoms with Crippen LogP contribution in [-0.2, 0) is 20.1 Å². The number of aryl methyl sites for hydroxylation is 1. The highest BCUT2D eigenvalue weighted by molar-refractivity contribution is 9.10. The van der Waals surface area contributed by atoms with Gasteiger partial charge in [-0.15, -0.1) is 0 Å². The fourth-order valence-corrected chi connectivity index (χ4v) is 5.82. The summed E-state index contributed by atoms with van der Waals surface area (Å²) >= 11 is 3.61. The first kappa shape index (κ1) is 30.5. The molecular formula is C36H38BrN5O. The standard InChI is InChI=1S/C36H38BrN5O/c1-23(2)42(24(3)4)16-6-7-25-12-14-33-29(17-25)31(36(43)39-21-27-10-8-26(20-38)9-11-27)19-34(40-33)32-22-41(5)35-15-13-28(37)18-30(32)35/h8-15,17-19,22-24H,16,20-21,38H2,1-5H3,(H,39,43). The number of benzene rings is 3. The monoisotopic (exact) mass is 635 g/mol. The number of rotatable bonds is 8. The van der Waals surface area contributed by atoms with Crippen LogP contribution in [0.2, 0.25) is 0 Å². The van der Waals surface area contributed by atoms with Gasteiger partial charge >= 0.3 is 0 Å². The van der Waals surface area contributed by atoms with E-state index in [1.807, 2.05) is 61.6 Å². The van der Waals surface area contributed by atoms with Crippen molar-refractivity contribution in [3.63, 3.8) is 0 Å². The quantitative estimate of drug-likeness (QED) is 0.180. The number of halogens is 1. The molecule has 0 aliphatic heterocycles. The zero-order chi connectivity index (χ0) is 30.7. The van der Waals surface area contributed by atoms with Crippen molar-refractivity contribution in [1.29, 1.82) is 0 Å². The lowest BCUT2D eigenvalue weighted by Crippen LogP contribution is -2.37. The van der Waals surface area contributed by atoms with Crippen LogP contribution >= 0.6 is 15.9 Å². The number of hydrogen-bond donors (Lipinski definition) is 2. The van der Waals surface area contributed by atoms with Gasteiger partial charge in [-0.2, -0.15) is 0 Å². The Morgan fingerprint density at radius 2 is 1.70 bits per heavy atom. The predicted molar refractivity (Wildman–Crippen MR) is 181 cm³/mol. The average Bonchev–Trinajstić information content (AvgIpc) is 3.32. The second kappa shape index (κ2) is 13.1. The molecule has 0 spiro atoms. The summed E-state index contributed by atoms with van der Waals surface area (Å²) < 4.78 is 3.08. The lowest BCUT2D eigenvalue weighted by Gasteiger charge is -2.28. The van der Waals surface area contributed by atoms with E-state index in [0.29, 0.717) is 37.3 Å². The lowest BCUT2D eigenvalue weighted by molar-refractivity contribution is 0.0952. The van der Waals surface area contributed by atoms with Crippen LogP contribution in [0.1, 0.15) is 54.7 Å². The van der Waals surface area contributed by atoms with E-state index in [0.717, 1.165) is 54.2 Å². The molecule has 0 aliphatic carbocycles. The van der Waals surface area contributed by atoms with Gasteiger partial charge in [-0.3, -0.25) is 9.69 Å². The molecule has 5 rings (SSSR count). The highest BCUT2D eigenvalue weighted by Crippen LogP contribution is 2.33. The molecule has 3 aromatic carbocycles. The van der Waals surface area contributed by atoms with E-state index >= 15 is 0 Å². The first-order chi connectivity index (χ1) is 20.6. The molecule has 7 heteroatoms. The van der Waals surface area contributed by atoms with E-state index < -0.39 is 0 Å². The van der Waals surface area contributed by atoms with E-state index in [1.54, 1.807) is 0 Å². The van der Waals surface area contributed by atoms with E-state index in [1.165, 1.54) is 0 Å². The van der Waals surface area contributed by atoms with Crippen molar-refractivity contribution in [2.24, 2.45) is 12.8 Å². The van der Waals surface area contributed by atoms with Crippen molar-refractivity contribution in [2.75, 3.05) is 6.54 Å². The number of amides is 1. The minimum atomic E-state index is -0.158. The number of nitrogens with one attached hydrogen (secondary N) is 1. The van der Waals surface area contributed by atoms with Gasteiger partial charge in [0.2, 0.25) is 0 Å². The summed E-state index contributed by atoms with van der Waals surface area (Å²) in [7, 11) is 2.02. The Balaban J connectivity index is 1.56. The zero-order valence-electron chi connectivity index (χ0n) is 25.4. The Morgan fingerprint density at radius 3 is 2.40 bits per heavy atom. The number of aromatic nitrogens is 2. The summed E-state index contributed by atoms with van der Waals surface area (Å²) in [5.74, 6) is 6.50. The second-order valence-electron chi connectivity index (χ2n) is 11.5. The van der Waals surface area contributed by atoms with Gasteiger partial charge in [0.05, 0.1) is 23.3 Å². The van der Waals surface area contributed by atoms with Crippen molar-refractivity contribution in [3.05, 3.63) is 99.7 Å². The number of nitrogens with two attached hydrogens (primary N) is 1. The van der Waals surface area contributed by atoms with Gasteiger partial charge in [0.25, 0.3) is 5.91 Å². The molecule has 0 saturated carbocycles. The van der Waals surface area contributed by atoms with E-state index in [9.17, 15) is 4.79 Å². The van der Waals surface area contributed by atoms with Crippen molar-refractivity contribution in [1.82, 2.24) is 19.8 Å². The predicted octanol–water partition coefficient (Wildman–Crippen LogP) is 7.02. The molecule has 43 heavy (non-hydrogen) atoms. The van der Waals surface area contributed by atoms with Gasteiger partial charge < -0.3 is 15.6 Å². The van der Waals surface area contributed by atoms with Crippen LogP contribution in [0.25, 0.3) is 33.1 Å². The Bertz CT molecular complexity index is 1840. The third kappa shape index (κ3) is 6.83. The van der Waals surface area contributed by atoms with Crippen LogP contribution in [0, 0.1) is 11.8 Å². The summed E-state index contributed by atoms with van der Waals surface area (Å²) in [6.07, 6.45) is 2.07. The summed E-state index contributed by atoms with van der Waals surface area (Å²) in [4.78, 5) is 21.2.